The topological polar surface area (TPSA) is 79.5 Å². The van der Waals surface area contributed by atoms with Crippen LogP contribution in [0.15, 0.2) is 48.7 Å². The lowest BCUT2D eigenvalue weighted by Crippen LogP contribution is -2.57. The van der Waals surface area contributed by atoms with Gasteiger partial charge in [-0.25, -0.2) is 13.8 Å². The lowest BCUT2D eigenvalue weighted by atomic mass is 9.97. The van der Waals surface area contributed by atoms with Crippen LogP contribution in [-0.2, 0) is 0 Å². The first-order valence-corrected chi connectivity index (χ1v) is 11.0. The Morgan fingerprint density at radius 3 is 2.47 bits per heavy atom. The molecule has 2 N–H and O–H groups in total. The monoisotopic (exact) mass is 504 g/mol. The number of amides is 2. The predicted molar refractivity (Wildman–Crippen MR) is 129 cm³/mol. The Hall–Kier alpha value is -3.23. The van der Waals surface area contributed by atoms with E-state index < -0.39 is 23.3 Å². The molecule has 10 heteroatoms. The van der Waals surface area contributed by atoms with Gasteiger partial charge in [0.15, 0.2) is 5.82 Å². The van der Waals surface area contributed by atoms with Crippen LogP contribution in [0, 0.1) is 5.82 Å². The molecule has 6 nitrogen and oxygen atoms in total. The summed E-state index contributed by atoms with van der Waals surface area (Å²) in [5.41, 5.74) is 5.42. The molecule has 34 heavy (non-hydrogen) atoms. The molecule has 1 fully saturated rings. The molecule has 0 aliphatic carbocycles. The number of nitrogens with zero attached hydrogens (tertiary/aromatic N) is 3. The molecule has 2 aromatic carbocycles. The SMILES string of the molecule is CN(C(=O)c1c(F)cccc1Cl)c1ncc(-c2cc(C(N)=O)ccc2Cl)cc1N1CC(C)(F)C1. The zero-order chi connectivity index (χ0) is 24.8. The normalized spacial score (nSPS) is 14.5. The maximum Gasteiger partial charge on any atom is 0.263 e. The van der Waals surface area contributed by atoms with Gasteiger partial charge in [0.05, 0.1) is 29.4 Å². The van der Waals surface area contributed by atoms with Crippen LogP contribution in [0.1, 0.15) is 27.6 Å². The maximum absolute atomic E-state index is 14.4. The van der Waals surface area contributed by atoms with Gasteiger partial charge in [0, 0.05) is 35.0 Å². The zero-order valence-electron chi connectivity index (χ0n) is 18.3. The van der Waals surface area contributed by atoms with E-state index in [1.807, 2.05) is 0 Å². The van der Waals surface area contributed by atoms with Crippen molar-refractivity contribution in [1.29, 1.82) is 0 Å². The summed E-state index contributed by atoms with van der Waals surface area (Å²) in [6.07, 6.45) is 1.46. The van der Waals surface area contributed by atoms with Gasteiger partial charge < -0.3 is 10.6 Å². The van der Waals surface area contributed by atoms with Crippen molar-refractivity contribution in [3.05, 3.63) is 75.7 Å². The fourth-order valence-electron chi connectivity index (χ4n) is 3.87. The molecule has 2 heterocycles. The van der Waals surface area contributed by atoms with Crippen molar-refractivity contribution in [2.45, 2.75) is 12.6 Å². The minimum absolute atomic E-state index is 0.0367. The summed E-state index contributed by atoms with van der Waals surface area (Å²) >= 11 is 12.4. The highest BCUT2D eigenvalue weighted by Crippen LogP contribution is 2.40. The molecule has 0 radical (unpaired) electrons. The molecule has 0 atom stereocenters. The third kappa shape index (κ3) is 4.43. The Kier molecular flexibility index (Phi) is 6.22. The van der Waals surface area contributed by atoms with Crippen molar-refractivity contribution >= 4 is 46.5 Å². The Bertz CT molecular complexity index is 1290. The fraction of sp³-hybridized carbons (Fsp3) is 0.208. The third-order valence-electron chi connectivity index (χ3n) is 5.59. The van der Waals surface area contributed by atoms with Crippen LogP contribution in [0.2, 0.25) is 10.0 Å². The lowest BCUT2D eigenvalue weighted by Gasteiger charge is -2.44. The Labute approximate surface area is 204 Å². The standard InChI is InChI=1S/C24H20Cl2F2N4O2/c1-24(28)11-32(12-24)19-9-14(15-8-13(21(29)33)6-7-16(15)25)10-30-22(19)31(2)23(34)20-17(26)4-3-5-18(20)27/h3-10H,11-12H2,1-2H3,(H2,29,33). The van der Waals surface area contributed by atoms with E-state index in [0.29, 0.717) is 21.8 Å². The van der Waals surface area contributed by atoms with Gasteiger partial charge in [-0.05, 0) is 43.3 Å². The largest absolute Gasteiger partial charge is 0.366 e. The molecular weight excluding hydrogens is 485 g/mol. The summed E-state index contributed by atoms with van der Waals surface area (Å²) in [5, 5.41) is 0.317. The minimum Gasteiger partial charge on any atom is -0.366 e. The second-order valence-electron chi connectivity index (χ2n) is 8.36. The average molecular weight is 505 g/mol. The fourth-order valence-corrected chi connectivity index (χ4v) is 4.34. The zero-order valence-corrected chi connectivity index (χ0v) is 19.8. The van der Waals surface area contributed by atoms with Crippen LogP contribution in [0.3, 0.4) is 0 Å². The van der Waals surface area contributed by atoms with E-state index in [2.05, 4.69) is 4.98 Å². The van der Waals surface area contributed by atoms with Gasteiger partial charge in [-0.3, -0.25) is 14.5 Å². The molecule has 1 saturated heterocycles. The number of nitrogens with two attached hydrogens (primary N) is 1. The third-order valence-corrected chi connectivity index (χ3v) is 6.23. The number of hydrogen-bond acceptors (Lipinski definition) is 4. The summed E-state index contributed by atoms with van der Waals surface area (Å²) in [5.74, 6) is -1.91. The van der Waals surface area contributed by atoms with Crippen molar-refractivity contribution < 1.29 is 18.4 Å². The van der Waals surface area contributed by atoms with Gasteiger partial charge in [-0.2, -0.15) is 0 Å². The van der Waals surface area contributed by atoms with Gasteiger partial charge in [0.1, 0.15) is 11.5 Å². The maximum atomic E-state index is 14.4. The molecule has 176 valence electrons. The van der Waals surface area contributed by atoms with E-state index in [-0.39, 0.29) is 35.1 Å². The number of benzene rings is 2. The molecule has 1 aliphatic rings. The minimum atomic E-state index is -1.41. The molecule has 4 rings (SSSR count). The molecule has 0 unspecified atom stereocenters. The van der Waals surface area contributed by atoms with Crippen molar-refractivity contribution in [2.24, 2.45) is 5.73 Å². The Balaban J connectivity index is 1.80. The van der Waals surface area contributed by atoms with Crippen molar-refractivity contribution in [3.8, 4) is 11.1 Å². The molecule has 0 bridgehead atoms. The van der Waals surface area contributed by atoms with Gasteiger partial charge in [-0.15, -0.1) is 0 Å². The summed E-state index contributed by atoms with van der Waals surface area (Å²) in [6, 6.07) is 10.2. The predicted octanol–water partition coefficient (Wildman–Crippen LogP) is 5.12. The average Bonchev–Trinajstić information content (AvgIpc) is 2.76. The van der Waals surface area contributed by atoms with Gasteiger partial charge in [-0.1, -0.05) is 29.3 Å². The molecule has 1 aliphatic heterocycles. The van der Waals surface area contributed by atoms with Crippen LogP contribution in [0.4, 0.5) is 20.3 Å². The quantitative estimate of drug-likeness (QED) is 0.522. The summed E-state index contributed by atoms with van der Waals surface area (Å²) in [7, 11) is 1.44. The number of alkyl halides is 1. The molecule has 1 aromatic heterocycles. The van der Waals surface area contributed by atoms with E-state index >= 15 is 0 Å². The number of aromatic nitrogens is 1. The molecular formula is C24H20Cl2F2N4O2. The number of primary amides is 1. The first-order chi connectivity index (χ1) is 16.0. The number of anilines is 2. The highest BCUT2D eigenvalue weighted by molar-refractivity contribution is 6.34. The second-order valence-corrected chi connectivity index (χ2v) is 9.17. The number of carbonyl (C=O) groups is 2. The second kappa shape index (κ2) is 8.85. The van der Waals surface area contributed by atoms with Crippen LogP contribution < -0.4 is 15.5 Å². The number of halogens is 4. The van der Waals surface area contributed by atoms with E-state index in [4.69, 9.17) is 28.9 Å². The first-order valence-electron chi connectivity index (χ1n) is 10.2. The van der Waals surface area contributed by atoms with E-state index in [9.17, 15) is 18.4 Å². The van der Waals surface area contributed by atoms with Gasteiger partial charge >= 0.3 is 0 Å². The molecule has 2 amide bonds. The van der Waals surface area contributed by atoms with Crippen molar-refractivity contribution in [3.63, 3.8) is 0 Å². The van der Waals surface area contributed by atoms with Crippen LogP contribution in [0.25, 0.3) is 11.1 Å². The number of pyridine rings is 1. The molecule has 0 spiro atoms. The lowest BCUT2D eigenvalue weighted by molar-refractivity contribution is 0.0984. The van der Waals surface area contributed by atoms with Gasteiger partial charge in [0.2, 0.25) is 5.91 Å². The number of carbonyl (C=O) groups excluding carboxylic acids is 2. The van der Waals surface area contributed by atoms with E-state index in [1.165, 1.54) is 49.3 Å². The van der Waals surface area contributed by atoms with E-state index in [0.717, 1.165) is 6.07 Å². The van der Waals surface area contributed by atoms with Crippen LogP contribution >= 0.6 is 23.2 Å². The smallest absolute Gasteiger partial charge is 0.263 e. The molecule has 0 saturated carbocycles. The van der Waals surface area contributed by atoms with Crippen LogP contribution in [0.5, 0.6) is 0 Å². The Morgan fingerprint density at radius 2 is 1.85 bits per heavy atom. The molecule has 3 aromatic rings. The first kappa shape index (κ1) is 23.9. The number of hydrogen-bond donors (Lipinski definition) is 1. The highest BCUT2D eigenvalue weighted by atomic mass is 35.5. The Morgan fingerprint density at radius 1 is 1.15 bits per heavy atom. The number of rotatable bonds is 5. The van der Waals surface area contributed by atoms with Crippen LogP contribution in [-0.4, -0.2) is 42.6 Å². The van der Waals surface area contributed by atoms with E-state index in [1.54, 1.807) is 17.0 Å². The van der Waals surface area contributed by atoms with Crippen molar-refractivity contribution in [1.82, 2.24) is 4.98 Å². The van der Waals surface area contributed by atoms with Gasteiger partial charge in [0.25, 0.3) is 5.91 Å². The van der Waals surface area contributed by atoms with Crippen molar-refractivity contribution in [2.75, 3.05) is 29.9 Å². The highest BCUT2D eigenvalue weighted by Gasteiger charge is 2.41. The summed E-state index contributed by atoms with van der Waals surface area (Å²) < 4.78 is 28.7. The summed E-state index contributed by atoms with van der Waals surface area (Å²) in [4.78, 5) is 32.1. The summed E-state index contributed by atoms with van der Waals surface area (Å²) in [6.45, 7) is 1.62.